The number of hydrogen-bond acceptors (Lipinski definition) is 6. The molecule has 0 aromatic heterocycles. The van der Waals surface area contributed by atoms with E-state index in [1.807, 2.05) is 6.92 Å². The molecule has 0 aromatic carbocycles. The second-order valence-corrected chi connectivity index (χ2v) is 6.00. The smallest absolute Gasteiger partial charge is 0.327 e. The Kier molecular flexibility index (Phi) is 7.48. The Bertz CT molecular complexity index is 430. The molecule has 7 nitrogen and oxygen atoms in total. The molecule has 1 aliphatic rings. The summed E-state index contributed by atoms with van der Waals surface area (Å²) < 4.78 is 10.2. The lowest BCUT2D eigenvalue weighted by molar-refractivity contribution is -0.194. The minimum absolute atomic E-state index is 0.170. The van der Waals surface area contributed by atoms with Crippen molar-refractivity contribution in [1.29, 1.82) is 0 Å². The molecule has 2 unspecified atom stereocenters. The molecule has 0 aliphatic heterocycles. The molecule has 132 valence electrons. The van der Waals surface area contributed by atoms with E-state index >= 15 is 0 Å². The predicted molar refractivity (Wildman–Crippen MR) is 82.3 cm³/mol. The van der Waals surface area contributed by atoms with Crippen molar-refractivity contribution < 1.29 is 29.0 Å². The van der Waals surface area contributed by atoms with E-state index in [4.69, 9.17) is 15.2 Å². The molecule has 1 saturated carbocycles. The van der Waals surface area contributed by atoms with Crippen molar-refractivity contribution in [1.82, 2.24) is 0 Å². The number of nitrogens with two attached hydrogens (primary N) is 1. The van der Waals surface area contributed by atoms with E-state index in [2.05, 4.69) is 0 Å². The van der Waals surface area contributed by atoms with E-state index in [1.54, 1.807) is 6.92 Å². The van der Waals surface area contributed by atoms with Crippen LogP contribution in [0, 0.1) is 5.41 Å². The van der Waals surface area contributed by atoms with Crippen LogP contribution in [-0.4, -0.2) is 35.3 Å². The summed E-state index contributed by atoms with van der Waals surface area (Å²) in [5.74, 6) is -2.37. The molecule has 0 heterocycles. The molecule has 23 heavy (non-hydrogen) atoms. The van der Waals surface area contributed by atoms with Gasteiger partial charge in [0, 0.05) is 12.8 Å². The molecule has 3 N–H and O–H groups in total. The van der Waals surface area contributed by atoms with E-state index < -0.39 is 35.7 Å². The van der Waals surface area contributed by atoms with Gasteiger partial charge in [0.2, 0.25) is 6.29 Å². The highest BCUT2D eigenvalue weighted by Crippen LogP contribution is 2.39. The number of rotatable bonds is 8. The standard InChI is InChI=1S/C16H27NO6/c1-3-8-12(22-11(18)4-2)23-14(19)13(17)16(15(20)21)9-6-5-7-10-16/h12-13H,3-10,17H2,1-2H3,(H,20,21). The molecule has 1 aliphatic carbocycles. The Hall–Kier alpha value is -1.63. The number of aliphatic carboxylic acids is 1. The van der Waals surface area contributed by atoms with Crippen LogP contribution in [0.3, 0.4) is 0 Å². The summed E-state index contributed by atoms with van der Waals surface area (Å²) in [6.07, 6.45) is 3.23. The third kappa shape index (κ3) is 4.92. The highest BCUT2D eigenvalue weighted by atomic mass is 16.7. The van der Waals surface area contributed by atoms with Crippen LogP contribution in [0.1, 0.15) is 65.2 Å². The number of ether oxygens (including phenoxy) is 2. The number of carboxylic acid groups (broad SMARTS) is 1. The van der Waals surface area contributed by atoms with Crippen LogP contribution in [0.5, 0.6) is 0 Å². The van der Waals surface area contributed by atoms with Crippen molar-refractivity contribution >= 4 is 17.9 Å². The lowest BCUT2D eigenvalue weighted by atomic mass is 9.69. The van der Waals surface area contributed by atoms with Crippen LogP contribution < -0.4 is 5.73 Å². The molecule has 0 amide bonds. The summed E-state index contributed by atoms with van der Waals surface area (Å²) in [6.45, 7) is 3.50. The van der Waals surface area contributed by atoms with Crippen LogP contribution in [0.25, 0.3) is 0 Å². The molecule has 1 fully saturated rings. The van der Waals surface area contributed by atoms with Gasteiger partial charge in [0.15, 0.2) is 0 Å². The lowest BCUT2D eigenvalue weighted by Gasteiger charge is -2.37. The third-order valence-corrected chi connectivity index (χ3v) is 4.34. The number of carbonyl (C=O) groups excluding carboxylic acids is 2. The Morgan fingerprint density at radius 1 is 1.13 bits per heavy atom. The summed E-state index contributed by atoms with van der Waals surface area (Å²) in [5.41, 5.74) is 4.65. The first-order valence-electron chi connectivity index (χ1n) is 8.26. The number of hydrogen-bond donors (Lipinski definition) is 2. The van der Waals surface area contributed by atoms with Gasteiger partial charge in [-0.3, -0.25) is 14.4 Å². The summed E-state index contributed by atoms with van der Waals surface area (Å²) in [7, 11) is 0. The van der Waals surface area contributed by atoms with Crippen LogP contribution in [0.15, 0.2) is 0 Å². The minimum atomic E-state index is -1.29. The third-order valence-electron chi connectivity index (χ3n) is 4.34. The molecule has 0 bridgehead atoms. The van der Waals surface area contributed by atoms with Gasteiger partial charge in [0.05, 0.1) is 5.41 Å². The van der Waals surface area contributed by atoms with Gasteiger partial charge < -0.3 is 20.3 Å². The highest BCUT2D eigenvalue weighted by Gasteiger charge is 2.49. The SMILES string of the molecule is CCCC(OC(=O)CC)OC(=O)C(N)C1(C(=O)O)CCCCC1. The maximum absolute atomic E-state index is 12.3. The second-order valence-electron chi connectivity index (χ2n) is 6.00. The zero-order chi connectivity index (χ0) is 17.5. The first-order chi connectivity index (χ1) is 10.9. The van der Waals surface area contributed by atoms with Crippen molar-refractivity contribution in [3.8, 4) is 0 Å². The van der Waals surface area contributed by atoms with E-state index in [9.17, 15) is 19.5 Å². The number of carboxylic acids is 1. The zero-order valence-corrected chi connectivity index (χ0v) is 13.9. The summed E-state index contributed by atoms with van der Waals surface area (Å²) in [5, 5.41) is 9.56. The van der Waals surface area contributed by atoms with E-state index in [-0.39, 0.29) is 6.42 Å². The van der Waals surface area contributed by atoms with Gasteiger partial charge in [-0.25, -0.2) is 0 Å². The van der Waals surface area contributed by atoms with Crippen LogP contribution in [-0.2, 0) is 23.9 Å². The first kappa shape index (κ1) is 19.4. The summed E-state index contributed by atoms with van der Waals surface area (Å²) in [4.78, 5) is 35.4. The second kappa shape index (κ2) is 8.86. The van der Waals surface area contributed by atoms with Crippen LogP contribution >= 0.6 is 0 Å². The Morgan fingerprint density at radius 2 is 1.74 bits per heavy atom. The fourth-order valence-corrected chi connectivity index (χ4v) is 2.88. The first-order valence-corrected chi connectivity index (χ1v) is 8.26. The lowest BCUT2D eigenvalue weighted by Crippen LogP contribution is -2.54. The van der Waals surface area contributed by atoms with Crippen LogP contribution in [0.2, 0.25) is 0 Å². The van der Waals surface area contributed by atoms with E-state index in [1.165, 1.54) is 0 Å². The molecule has 0 saturated heterocycles. The highest BCUT2D eigenvalue weighted by molar-refractivity contribution is 5.87. The molecule has 0 spiro atoms. The maximum Gasteiger partial charge on any atom is 0.327 e. The van der Waals surface area contributed by atoms with Crippen LogP contribution in [0.4, 0.5) is 0 Å². The topological polar surface area (TPSA) is 116 Å². The Balaban J connectivity index is 2.79. The average Bonchev–Trinajstić information content (AvgIpc) is 2.54. The number of esters is 2. The fraction of sp³-hybridized carbons (Fsp3) is 0.812. The molecule has 0 aromatic rings. The Labute approximate surface area is 136 Å². The largest absolute Gasteiger partial charge is 0.481 e. The average molecular weight is 329 g/mol. The molecular formula is C16H27NO6. The van der Waals surface area contributed by atoms with Gasteiger partial charge >= 0.3 is 17.9 Å². The van der Waals surface area contributed by atoms with E-state index in [0.29, 0.717) is 25.7 Å². The van der Waals surface area contributed by atoms with Crippen molar-refractivity contribution in [2.45, 2.75) is 77.5 Å². The summed E-state index contributed by atoms with van der Waals surface area (Å²) >= 11 is 0. The van der Waals surface area contributed by atoms with Crippen molar-refractivity contribution in [3.05, 3.63) is 0 Å². The van der Waals surface area contributed by atoms with Gasteiger partial charge in [-0.2, -0.15) is 0 Å². The van der Waals surface area contributed by atoms with Gasteiger partial charge in [0.1, 0.15) is 6.04 Å². The van der Waals surface area contributed by atoms with Crippen molar-refractivity contribution in [2.75, 3.05) is 0 Å². The van der Waals surface area contributed by atoms with Gasteiger partial charge in [-0.05, 0) is 19.3 Å². The quantitative estimate of drug-likeness (QED) is 0.516. The zero-order valence-electron chi connectivity index (χ0n) is 13.9. The molecule has 1 rings (SSSR count). The minimum Gasteiger partial charge on any atom is -0.481 e. The maximum atomic E-state index is 12.3. The summed E-state index contributed by atoms with van der Waals surface area (Å²) in [6, 6.07) is -1.26. The molecule has 7 heteroatoms. The normalized spacial score (nSPS) is 19.4. The van der Waals surface area contributed by atoms with Crippen molar-refractivity contribution in [2.24, 2.45) is 11.1 Å². The Morgan fingerprint density at radius 3 is 2.22 bits per heavy atom. The molecule has 0 radical (unpaired) electrons. The number of carbonyl (C=O) groups is 3. The van der Waals surface area contributed by atoms with Gasteiger partial charge in [0.25, 0.3) is 0 Å². The van der Waals surface area contributed by atoms with Crippen molar-refractivity contribution in [3.63, 3.8) is 0 Å². The fourth-order valence-electron chi connectivity index (χ4n) is 2.88. The van der Waals surface area contributed by atoms with E-state index in [0.717, 1.165) is 19.3 Å². The molecule has 2 atom stereocenters. The monoisotopic (exact) mass is 329 g/mol. The van der Waals surface area contributed by atoms with Gasteiger partial charge in [-0.1, -0.05) is 33.1 Å². The predicted octanol–water partition coefficient (Wildman–Crippen LogP) is 1.97. The van der Waals surface area contributed by atoms with Gasteiger partial charge in [-0.15, -0.1) is 0 Å². The molecular weight excluding hydrogens is 302 g/mol.